The molecular formula is C14H16O. The molecule has 78 valence electrons. The third kappa shape index (κ3) is 1.22. The number of allylic oxidation sites excluding steroid dienone is 4. The van der Waals surface area contributed by atoms with Crippen molar-refractivity contribution in [2.24, 2.45) is 11.3 Å². The van der Waals surface area contributed by atoms with Crippen molar-refractivity contribution in [3.8, 4) is 0 Å². The molecule has 1 aromatic heterocycles. The van der Waals surface area contributed by atoms with Gasteiger partial charge in [-0.05, 0) is 36.3 Å². The SMILES string of the molecule is CC1=CC=C[C@@]2(C)Cc3occc3C[C@@H]12. The van der Waals surface area contributed by atoms with Crippen LogP contribution in [0.2, 0.25) is 0 Å². The van der Waals surface area contributed by atoms with E-state index in [1.807, 2.05) is 6.26 Å². The highest BCUT2D eigenvalue weighted by atomic mass is 16.3. The van der Waals surface area contributed by atoms with E-state index in [0.717, 1.165) is 12.8 Å². The molecule has 0 unspecified atom stereocenters. The smallest absolute Gasteiger partial charge is 0.107 e. The van der Waals surface area contributed by atoms with Gasteiger partial charge in [-0.3, -0.25) is 0 Å². The standard InChI is InChI=1S/C14H16O/c1-10-4-3-6-14(2)9-13-11(5-7-15-13)8-12(10)14/h3-7,12H,8-9H2,1-2H3/t12-,14-/m0/s1. The van der Waals surface area contributed by atoms with Crippen LogP contribution in [0.15, 0.2) is 40.5 Å². The third-order valence-corrected chi connectivity index (χ3v) is 3.98. The fourth-order valence-corrected chi connectivity index (χ4v) is 3.02. The molecule has 0 bridgehead atoms. The molecule has 2 atom stereocenters. The Morgan fingerprint density at radius 1 is 1.47 bits per heavy atom. The lowest BCUT2D eigenvalue weighted by atomic mass is 9.63. The molecule has 1 aromatic rings. The Balaban J connectivity index is 2.08. The van der Waals surface area contributed by atoms with Crippen molar-refractivity contribution in [3.05, 3.63) is 47.5 Å². The topological polar surface area (TPSA) is 13.1 Å². The van der Waals surface area contributed by atoms with Gasteiger partial charge in [-0.15, -0.1) is 0 Å². The molecule has 0 radical (unpaired) electrons. The van der Waals surface area contributed by atoms with E-state index in [1.54, 1.807) is 0 Å². The summed E-state index contributed by atoms with van der Waals surface area (Å²) in [4.78, 5) is 0. The van der Waals surface area contributed by atoms with Crippen LogP contribution >= 0.6 is 0 Å². The molecular weight excluding hydrogens is 184 g/mol. The number of fused-ring (bicyclic) bond motifs is 2. The first-order valence-electron chi connectivity index (χ1n) is 5.60. The summed E-state index contributed by atoms with van der Waals surface area (Å²) in [5.74, 6) is 1.85. The van der Waals surface area contributed by atoms with Crippen LogP contribution in [0.4, 0.5) is 0 Å². The van der Waals surface area contributed by atoms with Crippen LogP contribution in [0.1, 0.15) is 25.2 Å². The first kappa shape index (κ1) is 9.02. The molecule has 2 aliphatic carbocycles. The Labute approximate surface area is 90.5 Å². The minimum atomic E-state index is 0.268. The van der Waals surface area contributed by atoms with Gasteiger partial charge in [0.2, 0.25) is 0 Å². The van der Waals surface area contributed by atoms with Crippen molar-refractivity contribution in [1.29, 1.82) is 0 Å². The van der Waals surface area contributed by atoms with E-state index in [4.69, 9.17) is 4.42 Å². The Kier molecular flexibility index (Phi) is 1.73. The Morgan fingerprint density at radius 3 is 3.20 bits per heavy atom. The first-order chi connectivity index (χ1) is 7.19. The van der Waals surface area contributed by atoms with Crippen LogP contribution < -0.4 is 0 Å². The van der Waals surface area contributed by atoms with Gasteiger partial charge in [-0.2, -0.15) is 0 Å². The van der Waals surface area contributed by atoms with Crippen LogP contribution in [-0.4, -0.2) is 0 Å². The maximum atomic E-state index is 5.55. The van der Waals surface area contributed by atoms with Crippen molar-refractivity contribution in [2.45, 2.75) is 26.7 Å². The van der Waals surface area contributed by atoms with Gasteiger partial charge in [0.1, 0.15) is 5.76 Å². The summed E-state index contributed by atoms with van der Waals surface area (Å²) in [5.41, 5.74) is 3.18. The van der Waals surface area contributed by atoms with Gasteiger partial charge in [-0.1, -0.05) is 30.7 Å². The minimum absolute atomic E-state index is 0.268. The molecule has 0 saturated heterocycles. The van der Waals surface area contributed by atoms with Gasteiger partial charge in [0, 0.05) is 6.42 Å². The van der Waals surface area contributed by atoms with Crippen LogP contribution in [0.5, 0.6) is 0 Å². The number of hydrogen-bond donors (Lipinski definition) is 0. The summed E-state index contributed by atoms with van der Waals surface area (Å²) in [6.45, 7) is 4.59. The van der Waals surface area contributed by atoms with Crippen LogP contribution in [0.25, 0.3) is 0 Å². The third-order valence-electron chi connectivity index (χ3n) is 3.98. The first-order valence-corrected chi connectivity index (χ1v) is 5.60. The molecule has 0 aliphatic heterocycles. The van der Waals surface area contributed by atoms with Gasteiger partial charge < -0.3 is 4.42 Å². The quantitative estimate of drug-likeness (QED) is 0.624. The highest BCUT2D eigenvalue weighted by Gasteiger charge is 2.40. The number of furan rings is 1. The summed E-state index contributed by atoms with van der Waals surface area (Å²) in [7, 11) is 0. The van der Waals surface area contributed by atoms with Gasteiger partial charge in [0.05, 0.1) is 6.26 Å². The lowest BCUT2D eigenvalue weighted by Crippen LogP contribution is -2.35. The predicted molar refractivity (Wildman–Crippen MR) is 60.6 cm³/mol. The van der Waals surface area contributed by atoms with Gasteiger partial charge in [-0.25, -0.2) is 0 Å². The zero-order valence-electron chi connectivity index (χ0n) is 9.29. The molecule has 0 aromatic carbocycles. The molecule has 3 rings (SSSR count). The van der Waals surface area contributed by atoms with Crippen molar-refractivity contribution in [1.82, 2.24) is 0 Å². The minimum Gasteiger partial charge on any atom is -0.469 e. The predicted octanol–water partition coefficient (Wildman–Crippen LogP) is 3.52. The maximum absolute atomic E-state index is 5.55. The average molecular weight is 200 g/mol. The fraction of sp³-hybridized carbons (Fsp3) is 0.429. The molecule has 0 spiro atoms. The molecule has 15 heavy (non-hydrogen) atoms. The van der Waals surface area contributed by atoms with Crippen molar-refractivity contribution < 1.29 is 4.42 Å². The Morgan fingerprint density at radius 2 is 2.33 bits per heavy atom. The lowest BCUT2D eigenvalue weighted by molar-refractivity contribution is 0.244. The Bertz CT molecular complexity index is 450. The zero-order chi connectivity index (χ0) is 10.5. The van der Waals surface area contributed by atoms with Crippen molar-refractivity contribution in [3.63, 3.8) is 0 Å². The number of hydrogen-bond acceptors (Lipinski definition) is 1. The van der Waals surface area contributed by atoms with E-state index in [9.17, 15) is 0 Å². The summed E-state index contributed by atoms with van der Waals surface area (Å²) in [5, 5.41) is 0. The molecule has 0 saturated carbocycles. The Hall–Kier alpha value is -1.24. The van der Waals surface area contributed by atoms with Crippen LogP contribution in [0, 0.1) is 11.3 Å². The van der Waals surface area contributed by atoms with Gasteiger partial charge in [0.15, 0.2) is 0 Å². The van der Waals surface area contributed by atoms with E-state index >= 15 is 0 Å². The summed E-state index contributed by atoms with van der Waals surface area (Å²) in [6.07, 6.45) is 10.8. The molecule has 1 heteroatoms. The van der Waals surface area contributed by atoms with E-state index in [1.165, 1.54) is 16.9 Å². The van der Waals surface area contributed by atoms with Gasteiger partial charge >= 0.3 is 0 Å². The lowest BCUT2D eigenvalue weighted by Gasteiger charge is -2.41. The second-order valence-corrected chi connectivity index (χ2v) is 5.08. The monoisotopic (exact) mass is 200 g/mol. The largest absolute Gasteiger partial charge is 0.469 e. The summed E-state index contributed by atoms with van der Waals surface area (Å²) in [6, 6.07) is 2.13. The molecule has 1 nitrogen and oxygen atoms in total. The zero-order valence-corrected chi connectivity index (χ0v) is 9.29. The molecule has 0 amide bonds. The molecule has 0 N–H and O–H groups in total. The number of rotatable bonds is 0. The van der Waals surface area contributed by atoms with Crippen molar-refractivity contribution in [2.75, 3.05) is 0 Å². The maximum Gasteiger partial charge on any atom is 0.107 e. The molecule has 0 fully saturated rings. The van der Waals surface area contributed by atoms with E-state index in [2.05, 4.69) is 38.1 Å². The van der Waals surface area contributed by atoms with Gasteiger partial charge in [0.25, 0.3) is 0 Å². The fourth-order valence-electron chi connectivity index (χ4n) is 3.02. The summed E-state index contributed by atoms with van der Waals surface area (Å²) >= 11 is 0. The second kappa shape index (κ2) is 2.88. The normalized spacial score (nSPS) is 33.2. The average Bonchev–Trinajstić information content (AvgIpc) is 2.61. The highest BCUT2D eigenvalue weighted by Crippen LogP contribution is 2.46. The van der Waals surface area contributed by atoms with E-state index < -0.39 is 0 Å². The van der Waals surface area contributed by atoms with Crippen LogP contribution in [-0.2, 0) is 12.8 Å². The molecule has 1 heterocycles. The molecule has 2 aliphatic rings. The summed E-state index contributed by atoms with van der Waals surface area (Å²) < 4.78 is 5.55. The second-order valence-electron chi connectivity index (χ2n) is 5.08. The van der Waals surface area contributed by atoms with E-state index in [-0.39, 0.29) is 5.41 Å². The highest BCUT2D eigenvalue weighted by molar-refractivity contribution is 5.34. The van der Waals surface area contributed by atoms with E-state index in [0.29, 0.717) is 5.92 Å². The van der Waals surface area contributed by atoms with Crippen molar-refractivity contribution >= 4 is 0 Å². The van der Waals surface area contributed by atoms with Crippen LogP contribution in [0.3, 0.4) is 0 Å².